The first-order chi connectivity index (χ1) is 18.3. The van der Waals surface area contributed by atoms with E-state index in [0.717, 1.165) is 21.2 Å². The summed E-state index contributed by atoms with van der Waals surface area (Å²) >= 11 is 0. The highest BCUT2D eigenvalue weighted by Crippen LogP contribution is 2.29. The molecule has 1 aliphatic heterocycles. The van der Waals surface area contributed by atoms with Gasteiger partial charge in [0, 0.05) is 26.1 Å². The van der Waals surface area contributed by atoms with Crippen LogP contribution >= 0.6 is 0 Å². The smallest absolute Gasteiger partial charge is 0.269 e. The normalized spacial score (nSPS) is 15.5. The molecule has 2 amide bonds. The van der Waals surface area contributed by atoms with E-state index < -0.39 is 34.0 Å². The van der Waals surface area contributed by atoms with E-state index in [2.05, 4.69) is 10.6 Å². The largest absolute Gasteiger partial charge is 0.497 e. The van der Waals surface area contributed by atoms with E-state index in [1.54, 1.807) is 19.2 Å². The van der Waals surface area contributed by atoms with Gasteiger partial charge in [-0.2, -0.15) is 0 Å². The van der Waals surface area contributed by atoms with E-state index in [0.29, 0.717) is 13.0 Å². The Balaban J connectivity index is 1.37. The van der Waals surface area contributed by atoms with Gasteiger partial charge in [0.2, 0.25) is 5.91 Å². The molecular formula is C28H31N3O6S. The average molecular weight is 538 g/mol. The quantitative estimate of drug-likeness (QED) is 0.323. The van der Waals surface area contributed by atoms with Gasteiger partial charge in [0.05, 0.1) is 24.8 Å². The van der Waals surface area contributed by atoms with Crippen molar-refractivity contribution < 1.29 is 27.9 Å². The first kappa shape index (κ1) is 27.3. The summed E-state index contributed by atoms with van der Waals surface area (Å²) in [6, 6.07) is 22.4. The standard InChI is InChI=1S/C28H31N3O6S/c1-37-22-11-7-10-21(16-22)18-29-19-25(32)24(17-20-8-3-2-4-9-20)30-27(33)14-15-31-28(34)23-12-5-6-13-26(23)38(31,35)36/h2-13,16,24-25,29,32H,14-15,17-19H2,1H3,(H,30,33)/t24-,25-/m1/s1. The molecule has 0 spiro atoms. The van der Waals surface area contributed by atoms with Crippen LogP contribution in [0, 0.1) is 0 Å². The highest BCUT2D eigenvalue weighted by molar-refractivity contribution is 7.90. The SMILES string of the molecule is COc1cccc(CNC[C@@H](O)[C@@H](Cc2ccccc2)NC(=O)CCN2C(=O)c3ccccc3S2(=O)=O)c1. The van der Waals surface area contributed by atoms with Gasteiger partial charge in [0.1, 0.15) is 10.6 Å². The third-order valence-corrected chi connectivity index (χ3v) is 8.22. The summed E-state index contributed by atoms with van der Waals surface area (Å²) in [5, 5.41) is 17.0. The number of nitrogens with one attached hydrogen (secondary N) is 2. The number of carbonyl (C=O) groups excluding carboxylic acids is 2. The van der Waals surface area contributed by atoms with Crippen LogP contribution in [0.4, 0.5) is 0 Å². The Hall–Kier alpha value is -3.73. The molecule has 0 aromatic heterocycles. The number of nitrogens with zero attached hydrogens (tertiary/aromatic N) is 1. The molecule has 0 fully saturated rings. The Kier molecular flexibility index (Phi) is 8.77. The zero-order valence-corrected chi connectivity index (χ0v) is 21.9. The molecule has 1 aliphatic rings. The highest BCUT2D eigenvalue weighted by atomic mass is 32.2. The summed E-state index contributed by atoms with van der Waals surface area (Å²) < 4.78 is 31.5. The Morgan fingerprint density at radius 3 is 2.45 bits per heavy atom. The number of carbonyl (C=O) groups is 2. The van der Waals surface area contributed by atoms with E-state index in [-0.39, 0.29) is 30.0 Å². The van der Waals surface area contributed by atoms with Crippen LogP contribution in [-0.4, -0.2) is 62.0 Å². The van der Waals surface area contributed by atoms with Crippen LogP contribution in [-0.2, 0) is 27.8 Å². The van der Waals surface area contributed by atoms with Gasteiger partial charge >= 0.3 is 0 Å². The summed E-state index contributed by atoms with van der Waals surface area (Å²) in [5.41, 5.74) is 2.02. The summed E-state index contributed by atoms with van der Waals surface area (Å²) in [6.07, 6.45) is -0.777. The van der Waals surface area contributed by atoms with Crippen LogP contribution in [0.2, 0.25) is 0 Å². The van der Waals surface area contributed by atoms with Crippen LogP contribution in [0.3, 0.4) is 0 Å². The number of rotatable bonds is 12. The van der Waals surface area contributed by atoms with Crippen LogP contribution in [0.15, 0.2) is 83.8 Å². The molecule has 0 radical (unpaired) electrons. The van der Waals surface area contributed by atoms with Gasteiger partial charge < -0.3 is 20.5 Å². The number of amides is 2. The monoisotopic (exact) mass is 537 g/mol. The lowest BCUT2D eigenvalue weighted by Gasteiger charge is -2.25. The van der Waals surface area contributed by atoms with Crippen molar-refractivity contribution in [3.63, 3.8) is 0 Å². The average Bonchev–Trinajstić information content (AvgIpc) is 3.12. The Morgan fingerprint density at radius 1 is 1.00 bits per heavy atom. The van der Waals surface area contributed by atoms with Gasteiger partial charge in [-0.25, -0.2) is 12.7 Å². The van der Waals surface area contributed by atoms with E-state index in [1.807, 2.05) is 54.6 Å². The number of benzene rings is 3. The van der Waals surface area contributed by atoms with Crippen LogP contribution < -0.4 is 15.4 Å². The molecule has 0 bridgehead atoms. The number of hydrogen-bond donors (Lipinski definition) is 3. The minimum atomic E-state index is -3.99. The molecule has 2 atom stereocenters. The molecule has 0 unspecified atom stereocenters. The first-order valence-electron chi connectivity index (χ1n) is 12.3. The Morgan fingerprint density at radius 2 is 1.71 bits per heavy atom. The van der Waals surface area contributed by atoms with E-state index in [1.165, 1.54) is 12.1 Å². The van der Waals surface area contributed by atoms with Crippen LogP contribution in [0.25, 0.3) is 0 Å². The fraction of sp³-hybridized carbons (Fsp3) is 0.286. The molecule has 0 saturated heterocycles. The van der Waals surface area contributed by atoms with Crippen molar-refractivity contribution in [2.24, 2.45) is 0 Å². The second-order valence-electron chi connectivity index (χ2n) is 9.04. The molecular weight excluding hydrogens is 506 g/mol. The van der Waals surface area contributed by atoms with Crippen molar-refractivity contribution in [2.75, 3.05) is 20.2 Å². The summed E-state index contributed by atoms with van der Waals surface area (Å²) in [4.78, 5) is 25.5. The molecule has 3 N–H and O–H groups in total. The van der Waals surface area contributed by atoms with Crippen LogP contribution in [0.1, 0.15) is 27.9 Å². The molecule has 0 aliphatic carbocycles. The summed E-state index contributed by atoms with van der Waals surface area (Å²) in [7, 11) is -2.39. The van der Waals surface area contributed by atoms with Gasteiger partial charge in [-0.1, -0.05) is 54.6 Å². The molecule has 3 aromatic rings. The Bertz CT molecular complexity index is 1380. The Labute approximate surface area is 222 Å². The zero-order valence-electron chi connectivity index (χ0n) is 21.0. The van der Waals surface area contributed by atoms with E-state index in [4.69, 9.17) is 4.74 Å². The molecule has 3 aromatic carbocycles. The molecule has 38 heavy (non-hydrogen) atoms. The maximum absolute atomic E-state index is 12.9. The number of methoxy groups -OCH3 is 1. The maximum atomic E-state index is 12.9. The predicted octanol–water partition coefficient (Wildman–Crippen LogP) is 2.11. The molecule has 9 nitrogen and oxygen atoms in total. The maximum Gasteiger partial charge on any atom is 0.269 e. The highest BCUT2D eigenvalue weighted by Gasteiger charge is 2.40. The van der Waals surface area contributed by atoms with Crippen molar-refractivity contribution in [1.82, 2.24) is 14.9 Å². The van der Waals surface area contributed by atoms with Gasteiger partial charge in [-0.15, -0.1) is 0 Å². The topological polar surface area (TPSA) is 125 Å². The van der Waals surface area contributed by atoms with Crippen molar-refractivity contribution in [1.29, 1.82) is 0 Å². The second-order valence-corrected chi connectivity index (χ2v) is 10.9. The van der Waals surface area contributed by atoms with Gasteiger partial charge in [-0.3, -0.25) is 9.59 Å². The lowest BCUT2D eigenvalue weighted by Crippen LogP contribution is -2.49. The lowest BCUT2D eigenvalue weighted by molar-refractivity contribution is -0.122. The van der Waals surface area contributed by atoms with Crippen molar-refractivity contribution in [2.45, 2.75) is 36.4 Å². The lowest BCUT2D eigenvalue weighted by atomic mass is 10.0. The van der Waals surface area contributed by atoms with Crippen molar-refractivity contribution in [3.8, 4) is 5.75 Å². The van der Waals surface area contributed by atoms with E-state index >= 15 is 0 Å². The van der Waals surface area contributed by atoms with Gasteiger partial charge in [-0.05, 0) is 41.8 Å². The molecule has 4 rings (SSSR count). The summed E-state index contributed by atoms with van der Waals surface area (Å²) in [5.74, 6) is -0.367. The van der Waals surface area contributed by atoms with E-state index in [9.17, 15) is 23.1 Å². The minimum Gasteiger partial charge on any atom is -0.497 e. The van der Waals surface area contributed by atoms with Gasteiger partial charge in [0.15, 0.2) is 0 Å². The van der Waals surface area contributed by atoms with Gasteiger partial charge in [0.25, 0.3) is 15.9 Å². The fourth-order valence-corrected chi connectivity index (χ4v) is 5.94. The number of aliphatic hydroxyl groups is 1. The number of ether oxygens (including phenoxy) is 1. The predicted molar refractivity (Wildman–Crippen MR) is 142 cm³/mol. The second kappa shape index (κ2) is 12.2. The third-order valence-electron chi connectivity index (χ3n) is 6.38. The molecule has 200 valence electrons. The summed E-state index contributed by atoms with van der Waals surface area (Å²) in [6.45, 7) is 0.420. The number of hydrogen-bond acceptors (Lipinski definition) is 7. The van der Waals surface area contributed by atoms with Crippen molar-refractivity contribution in [3.05, 3.63) is 95.6 Å². The molecule has 0 saturated carbocycles. The minimum absolute atomic E-state index is 0.0510. The number of sulfonamides is 1. The third kappa shape index (κ3) is 6.39. The number of aliphatic hydroxyl groups excluding tert-OH is 1. The first-order valence-corrected chi connectivity index (χ1v) is 13.7. The molecule has 10 heteroatoms. The fourth-order valence-electron chi connectivity index (χ4n) is 4.37. The molecule has 1 heterocycles. The van der Waals surface area contributed by atoms with Crippen LogP contribution in [0.5, 0.6) is 5.75 Å². The number of fused-ring (bicyclic) bond motifs is 1. The zero-order chi connectivity index (χ0) is 27.1. The van der Waals surface area contributed by atoms with Crippen molar-refractivity contribution >= 4 is 21.8 Å².